The van der Waals surface area contributed by atoms with Crippen molar-refractivity contribution >= 4 is 6.03 Å². The fourth-order valence-electron chi connectivity index (χ4n) is 2.17. The highest BCUT2D eigenvalue weighted by atomic mass is 16.3. The van der Waals surface area contributed by atoms with Gasteiger partial charge < -0.3 is 15.3 Å². The van der Waals surface area contributed by atoms with Crippen LogP contribution in [-0.4, -0.2) is 52.1 Å². The molecule has 6 nitrogen and oxygen atoms in total. The minimum atomic E-state index is -0.390. The van der Waals surface area contributed by atoms with Gasteiger partial charge in [-0.25, -0.2) is 9.48 Å². The summed E-state index contributed by atoms with van der Waals surface area (Å²) in [5, 5.41) is 16.3. The molecule has 1 unspecified atom stereocenters. The van der Waals surface area contributed by atoms with E-state index in [9.17, 15) is 9.90 Å². The van der Waals surface area contributed by atoms with Crippen molar-refractivity contribution < 1.29 is 9.90 Å². The summed E-state index contributed by atoms with van der Waals surface area (Å²) in [5.41, 5.74) is 2.17. The number of carbonyl (C=O) groups is 1. The molecule has 1 heterocycles. The molecule has 0 bridgehead atoms. The molecule has 2 rings (SSSR count). The van der Waals surface area contributed by atoms with E-state index >= 15 is 0 Å². The minimum absolute atomic E-state index is 0.112. The highest BCUT2D eigenvalue weighted by molar-refractivity contribution is 5.73. The fourth-order valence-corrected chi connectivity index (χ4v) is 2.17. The molecule has 0 aliphatic carbocycles. The molecular formula is C17H24N4O2. The van der Waals surface area contributed by atoms with Crippen molar-refractivity contribution in [3.05, 3.63) is 48.3 Å². The quantitative estimate of drug-likeness (QED) is 0.818. The van der Waals surface area contributed by atoms with Crippen LogP contribution in [0.1, 0.15) is 18.9 Å². The van der Waals surface area contributed by atoms with Gasteiger partial charge in [-0.3, -0.25) is 0 Å². The van der Waals surface area contributed by atoms with Gasteiger partial charge in [-0.15, -0.1) is 0 Å². The van der Waals surface area contributed by atoms with E-state index in [-0.39, 0.29) is 6.03 Å². The summed E-state index contributed by atoms with van der Waals surface area (Å²) in [5.74, 6) is 0. The molecule has 23 heavy (non-hydrogen) atoms. The van der Waals surface area contributed by atoms with Gasteiger partial charge in [0, 0.05) is 32.5 Å². The average Bonchev–Trinajstić information content (AvgIpc) is 3.07. The van der Waals surface area contributed by atoms with Gasteiger partial charge in [0.2, 0.25) is 0 Å². The number of hydrogen-bond donors (Lipinski definition) is 2. The third-order valence-electron chi connectivity index (χ3n) is 3.62. The molecule has 0 aliphatic heterocycles. The summed E-state index contributed by atoms with van der Waals surface area (Å²) in [6.07, 6.45) is 4.61. The summed E-state index contributed by atoms with van der Waals surface area (Å²) in [7, 11) is 1.73. The van der Waals surface area contributed by atoms with Gasteiger partial charge >= 0.3 is 6.03 Å². The molecule has 0 saturated heterocycles. The summed E-state index contributed by atoms with van der Waals surface area (Å²) in [4.78, 5) is 13.5. The molecule has 0 saturated carbocycles. The zero-order valence-electron chi connectivity index (χ0n) is 13.6. The Morgan fingerprint density at radius 2 is 2.13 bits per heavy atom. The number of rotatable bonds is 7. The monoisotopic (exact) mass is 316 g/mol. The summed E-state index contributed by atoms with van der Waals surface area (Å²) >= 11 is 0. The maximum atomic E-state index is 11.9. The summed E-state index contributed by atoms with van der Waals surface area (Å²) in [6, 6.07) is 9.88. The predicted molar refractivity (Wildman–Crippen MR) is 89.6 cm³/mol. The number of nitrogens with one attached hydrogen (secondary N) is 1. The van der Waals surface area contributed by atoms with Crippen molar-refractivity contribution in [1.82, 2.24) is 20.0 Å². The lowest BCUT2D eigenvalue weighted by Crippen LogP contribution is -2.39. The van der Waals surface area contributed by atoms with Crippen molar-refractivity contribution in [2.45, 2.75) is 25.9 Å². The maximum Gasteiger partial charge on any atom is 0.317 e. The van der Waals surface area contributed by atoms with Crippen molar-refractivity contribution in [1.29, 1.82) is 0 Å². The van der Waals surface area contributed by atoms with Crippen LogP contribution in [0, 0.1) is 0 Å². The molecule has 0 radical (unpaired) electrons. The van der Waals surface area contributed by atoms with Gasteiger partial charge in [0.1, 0.15) is 0 Å². The number of aromatic nitrogens is 2. The zero-order valence-corrected chi connectivity index (χ0v) is 13.6. The largest absolute Gasteiger partial charge is 0.393 e. The fraction of sp³-hybridized carbons (Fsp3) is 0.412. The van der Waals surface area contributed by atoms with Crippen LogP contribution in [0.5, 0.6) is 0 Å². The lowest BCUT2D eigenvalue weighted by Gasteiger charge is -2.18. The predicted octanol–water partition coefficient (Wildman–Crippen LogP) is 1.83. The normalized spacial score (nSPS) is 12.0. The van der Waals surface area contributed by atoms with Crippen LogP contribution >= 0.6 is 0 Å². The Morgan fingerprint density at radius 3 is 2.74 bits per heavy atom. The molecule has 0 fully saturated rings. The van der Waals surface area contributed by atoms with E-state index in [2.05, 4.69) is 10.4 Å². The number of aliphatic hydroxyl groups is 1. The molecule has 1 aromatic heterocycles. The van der Waals surface area contributed by atoms with Crippen LogP contribution in [0.3, 0.4) is 0 Å². The van der Waals surface area contributed by atoms with Gasteiger partial charge in [-0.1, -0.05) is 12.1 Å². The Balaban J connectivity index is 1.74. The van der Waals surface area contributed by atoms with E-state index in [1.807, 2.05) is 41.2 Å². The van der Waals surface area contributed by atoms with Gasteiger partial charge in [0.25, 0.3) is 0 Å². The van der Waals surface area contributed by atoms with Crippen molar-refractivity contribution in [2.24, 2.45) is 0 Å². The second kappa shape index (κ2) is 8.33. The van der Waals surface area contributed by atoms with E-state index in [1.165, 1.54) is 0 Å². The van der Waals surface area contributed by atoms with Crippen LogP contribution in [0.15, 0.2) is 42.7 Å². The van der Waals surface area contributed by atoms with Crippen LogP contribution in [0.2, 0.25) is 0 Å². The molecule has 2 N–H and O–H groups in total. The molecule has 0 spiro atoms. The van der Waals surface area contributed by atoms with Crippen LogP contribution in [0.4, 0.5) is 4.79 Å². The molecule has 2 aromatic rings. The number of carbonyl (C=O) groups excluding carboxylic acids is 1. The third kappa shape index (κ3) is 5.41. The van der Waals surface area contributed by atoms with Crippen molar-refractivity contribution in [3.8, 4) is 5.69 Å². The van der Waals surface area contributed by atoms with Crippen LogP contribution < -0.4 is 5.32 Å². The number of nitrogens with zero attached hydrogens (tertiary/aromatic N) is 3. The first kappa shape index (κ1) is 17.0. The van der Waals surface area contributed by atoms with E-state index in [0.717, 1.165) is 17.7 Å². The third-order valence-corrected chi connectivity index (χ3v) is 3.62. The highest BCUT2D eigenvalue weighted by Crippen LogP contribution is 2.08. The number of amides is 2. The van der Waals surface area contributed by atoms with E-state index in [4.69, 9.17) is 0 Å². The Kier molecular flexibility index (Phi) is 6.17. The van der Waals surface area contributed by atoms with Crippen LogP contribution in [-0.2, 0) is 6.42 Å². The van der Waals surface area contributed by atoms with E-state index in [1.54, 1.807) is 25.1 Å². The number of urea groups is 1. The molecule has 1 atom stereocenters. The Labute approximate surface area is 136 Å². The highest BCUT2D eigenvalue weighted by Gasteiger charge is 2.08. The number of benzene rings is 1. The summed E-state index contributed by atoms with van der Waals surface area (Å²) in [6.45, 7) is 2.85. The van der Waals surface area contributed by atoms with Crippen molar-refractivity contribution in [3.63, 3.8) is 0 Å². The smallest absolute Gasteiger partial charge is 0.317 e. The molecule has 124 valence electrons. The molecule has 1 aromatic carbocycles. The molecule has 0 aliphatic rings. The second-order valence-electron chi connectivity index (χ2n) is 5.66. The second-order valence-corrected chi connectivity index (χ2v) is 5.66. The maximum absolute atomic E-state index is 11.9. The van der Waals surface area contributed by atoms with Gasteiger partial charge in [-0.05, 0) is 43.5 Å². The summed E-state index contributed by atoms with van der Waals surface area (Å²) < 4.78 is 1.81. The van der Waals surface area contributed by atoms with Crippen LogP contribution in [0.25, 0.3) is 5.69 Å². The minimum Gasteiger partial charge on any atom is -0.393 e. The number of hydrogen-bond acceptors (Lipinski definition) is 3. The first-order valence-electron chi connectivity index (χ1n) is 7.82. The number of aliphatic hydroxyl groups excluding tert-OH is 1. The topological polar surface area (TPSA) is 70.4 Å². The van der Waals surface area contributed by atoms with Gasteiger partial charge in [0.15, 0.2) is 0 Å². The van der Waals surface area contributed by atoms with Gasteiger partial charge in [-0.2, -0.15) is 5.10 Å². The van der Waals surface area contributed by atoms with Crippen molar-refractivity contribution in [2.75, 3.05) is 20.1 Å². The van der Waals surface area contributed by atoms with E-state index in [0.29, 0.717) is 19.5 Å². The lowest BCUT2D eigenvalue weighted by atomic mass is 10.1. The standard InChI is InChI=1S/C17H24N4O2/c1-14(22)9-13-20(2)17(23)18-11-8-15-4-6-16(7-5-15)21-12-3-10-19-21/h3-7,10,12,14,22H,8-9,11,13H2,1-2H3,(H,18,23). The Morgan fingerprint density at radius 1 is 1.39 bits per heavy atom. The average molecular weight is 316 g/mol. The first-order chi connectivity index (χ1) is 11.1. The molecule has 6 heteroatoms. The lowest BCUT2D eigenvalue weighted by molar-refractivity contribution is 0.163. The first-order valence-corrected chi connectivity index (χ1v) is 7.82. The van der Waals surface area contributed by atoms with E-state index < -0.39 is 6.10 Å². The Hall–Kier alpha value is -2.34. The molecular weight excluding hydrogens is 292 g/mol. The Bertz CT molecular complexity index is 594. The zero-order chi connectivity index (χ0) is 16.7. The SMILES string of the molecule is CC(O)CCN(C)C(=O)NCCc1ccc(-n2cccn2)cc1. The van der Waals surface area contributed by atoms with Gasteiger partial charge in [0.05, 0.1) is 11.8 Å². The molecule has 2 amide bonds.